The van der Waals surface area contributed by atoms with E-state index in [0.29, 0.717) is 5.92 Å². The van der Waals surface area contributed by atoms with Crippen LogP contribution >= 0.6 is 0 Å². The van der Waals surface area contributed by atoms with Crippen molar-refractivity contribution in [2.75, 3.05) is 18.0 Å². The number of hydrogen-bond donors (Lipinski definition) is 0. The van der Waals surface area contributed by atoms with Crippen molar-refractivity contribution in [3.05, 3.63) is 41.0 Å². The van der Waals surface area contributed by atoms with E-state index in [4.69, 9.17) is 5.10 Å². The van der Waals surface area contributed by atoms with E-state index < -0.39 is 0 Å². The molecule has 3 aromatic heterocycles. The van der Waals surface area contributed by atoms with Gasteiger partial charge in [0.15, 0.2) is 17.3 Å². The second kappa shape index (κ2) is 5.75. The molecule has 0 radical (unpaired) electrons. The molecule has 0 aromatic carbocycles. The Kier molecular flexibility index (Phi) is 3.39. The minimum absolute atomic E-state index is 0.400. The molecule has 4 heterocycles. The van der Waals surface area contributed by atoms with E-state index >= 15 is 0 Å². The Bertz CT molecular complexity index is 907. The highest BCUT2D eigenvalue weighted by molar-refractivity contribution is 5.43. The summed E-state index contributed by atoms with van der Waals surface area (Å²) in [6.45, 7) is 3.88. The summed E-state index contributed by atoms with van der Waals surface area (Å²) in [6, 6.07) is 6.24. The van der Waals surface area contributed by atoms with Crippen LogP contribution in [-0.4, -0.2) is 43.1 Å². The summed E-state index contributed by atoms with van der Waals surface area (Å²) >= 11 is 0. The summed E-state index contributed by atoms with van der Waals surface area (Å²) in [4.78, 5) is 2.30. The molecule has 0 unspecified atom stereocenters. The molecule has 128 valence electrons. The van der Waals surface area contributed by atoms with Crippen LogP contribution in [0.5, 0.6) is 0 Å². The molecule has 1 fully saturated rings. The number of fused-ring (bicyclic) bond motifs is 2. The number of anilines is 1. The zero-order valence-electron chi connectivity index (χ0n) is 14.4. The first kappa shape index (κ1) is 14.7. The average Bonchev–Trinajstić information content (AvgIpc) is 3.26. The van der Waals surface area contributed by atoms with Crippen LogP contribution in [-0.2, 0) is 12.8 Å². The summed E-state index contributed by atoms with van der Waals surface area (Å²) in [7, 11) is 0. The molecule has 0 bridgehead atoms. The van der Waals surface area contributed by atoms with Crippen LogP contribution in [0.2, 0.25) is 0 Å². The first-order valence-corrected chi connectivity index (χ1v) is 9.07. The molecule has 1 aliphatic heterocycles. The molecule has 0 atom stereocenters. The lowest BCUT2D eigenvalue weighted by Gasteiger charge is -2.31. The minimum atomic E-state index is 0.400. The molecule has 2 aliphatic rings. The lowest BCUT2D eigenvalue weighted by atomic mass is 9.96. The zero-order chi connectivity index (χ0) is 16.8. The third-order valence-electron chi connectivity index (χ3n) is 5.41. The fraction of sp³-hybridized carbons (Fsp3) is 0.500. The monoisotopic (exact) mass is 335 g/mol. The molecule has 3 aromatic rings. The lowest BCUT2D eigenvalue weighted by molar-refractivity contribution is 0.473. The van der Waals surface area contributed by atoms with Crippen LogP contribution in [0.1, 0.15) is 48.0 Å². The topological polar surface area (TPSA) is 72.1 Å². The lowest BCUT2D eigenvalue weighted by Crippen LogP contribution is -2.34. The van der Waals surface area contributed by atoms with E-state index in [0.717, 1.165) is 61.8 Å². The van der Waals surface area contributed by atoms with Crippen LogP contribution in [0.25, 0.3) is 5.65 Å². The van der Waals surface area contributed by atoms with Crippen LogP contribution in [0.3, 0.4) is 0 Å². The van der Waals surface area contributed by atoms with Gasteiger partial charge in [-0.2, -0.15) is 14.7 Å². The maximum atomic E-state index is 4.83. The van der Waals surface area contributed by atoms with Gasteiger partial charge in [0.1, 0.15) is 0 Å². The number of aryl methyl sites for hydroxylation is 3. The average molecular weight is 335 g/mol. The van der Waals surface area contributed by atoms with Crippen molar-refractivity contribution < 1.29 is 0 Å². The smallest absolute Gasteiger partial charge is 0.178 e. The molecular formula is C18H21N7. The Labute approximate surface area is 146 Å². The van der Waals surface area contributed by atoms with E-state index in [2.05, 4.69) is 37.4 Å². The van der Waals surface area contributed by atoms with Crippen LogP contribution in [0.4, 0.5) is 5.82 Å². The first-order valence-electron chi connectivity index (χ1n) is 9.07. The van der Waals surface area contributed by atoms with Crippen LogP contribution in [0, 0.1) is 6.92 Å². The Balaban J connectivity index is 1.37. The number of aromatic nitrogens is 6. The molecule has 1 aliphatic carbocycles. The second-order valence-corrected chi connectivity index (χ2v) is 7.09. The van der Waals surface area contributed by atoms with Crippen molar-refractivity contribution in [2.24, 2.45) is 0 Å². The predicted molar refractivity (Wildman–Crippen MR) is 93.8 cm³/mol. The Morgan fingerprint density at radius 2 is 1.88 bits per heavy atom. The third kappa shape index (κ3) is 2.54. The van der Waals surface area contributed by atoms with Gasteiger partial charge in [-0.15, -0.1) is 15.3 Å². The van der Waals surface area contributed by atoms with Gasteiger partial charge in [-0.25, -0.2) is 0 Å². The maximum Gasteiger partial charge on any atom is 0.178 e. The Hall–Kier alpha value is -2.57. The van der Waals surface area contributed by atoms with Gasteiger partial charge in [0, 0.05) is 19.0 Å². The first-order chi connectivity index (χ1) is 12.3. The Morgan fingerprint density at radius 3 is 2.68 bits per heavy atom. The van der Waals surface area contributed by atoms with Gasteiger partial charge < -0.3 is 4.90 Å². The van der Waals surface area contributed by atoms with Crippen LogP contribution in [0.15, 0.2) is 18.2 Å². The van der Waals surface area contributed by atoms with E-state index in [1.165, 1.54) is 17.7 Å². The van der Waals surface area contributed by atoms with Crippen molar-refractivity contribution >= 4 is 11.5 Å². The van der Waals surface area contributed by atoms with E-state index in [-0.39, 0.29) is 0 Å². The molecule has 7 nitrogen and oxygen atoms in total. The van der Waals surface area contributed by atoms with Gasteiger partial charge >= 0.3 is 0 Å². The normalized spacial score (nSPS) is 18.0. The highest BCUT2D eigenvalue weighted by atomic mass is 15.4. The highest BCUT2D eigenvalue weighted by Crippen LogP contribution is 2.29. The van der Waals surface area contributed by atoms with E-state index in [1.807, 2.05) is 17.5 Å². The van der Waals surface area contributed by atoms with Gasteiger partial charge in [-0.05, 0) is 62.8 Å². The molecule has 0 N–H and O–H groups in total. The number of hydrogen-bond acceptors (Lipinski definition) is 6. The molecule has 0 amide bonds. The zero-order valence-corrected chi connectivity index (χ0v) is 14.4. The quantitative estimate of drug-likeness (QED) is 0.714. The van der Waals surface area contributed by atoms with Crippen molar-refractivity contribution in [1.29, 1.82) is 0 Å². The standard InChI is InChI=1S/C18H21N7/c1-12-5-6-16(20-19-12)24-9-7-13(8-10-24)18-22-21-17-11-14-3-2-4-15(14)23-25(17)18/h5-6,11,13H,2-4,7-10H2,1H3. The number of piperidine rings is 1. The number of rotatable bonds is 2. The maximum absolute atomic E-state index is 4.83. The molecule has 0 spiro atoms. The second-order valence-electron chi connectivity index (χ2n) is 7.09. The third-order valence-corrected chi connectivity index (χ3v) is 5.41. The van der Waals surface area contributed by atoms with Crippen molar-refractivity contribution in [3.8, 4) is 0 Å². The summed E-state index contributed by atoms with van der Waals surface area (Å²) in [5.74, 6) is 2.38. The molecule has 0 saturated carbocycles. The summed E-state index contributed by atoms with van der Waals surface area (Å²) < 4.78 is 1.98. The summed E-state index contributed by atoms with van der Waals surface area (Å²) in [5, 5.41) is 22.2. The van der Waals surface area contributed by atoms with Gasteiger partial charge in [-0.3, -0.25) is 0 Å². The summed E-state index contributed by atoms with van der Waals surface area (Å²) in [6.07, 6.45) is 5.48. The molecular weight excluding hydrogens is 314 g/mol. The van der Waals surface area contributed by atoms with Crippen molar-refractivity contribution in [3.63, 3.8) is 0 Å². The largest absolute Gasteiger partial charge is 0.355 e. The van der Waals surface area contributed by atoms with Gasteiger partial charge in [0.05, 0.1) is 11.4 Å². The molecule has 7 heteroatoms. The predicted octanol–water partition coefficient (Wildman–Crippen LogP) is 2.10. The van der Waals surface area contributed by atoms with E-state index in [1.54, 1.807) is 0 Å². The van der Waals surface area contributed by atoms with Crippen molar-refractivity contribution in [1.82, 2.24) is 30.0 Å². The number of nitrogens with zero attached hydrogens (tertiary/aromatic N) is 7. The molecule has 1 saturated heterocycles. The van der Waals surface area contributed by atoms with Gasteiger partial charge in [0.25, 0.3) is 0 Å². The SMILES string of the molecule is Cc1ccc(N2CCC(c3nnc4cc5c(nn34)CCC5)CC2)nn1. The molecule has 5 rings (SSSR count). The fourth-order valence-electron chi connectivity index (χ4n) is 3.98. The molecule has 25 heavy (non-hydrogen) atoms. The highest BCUT2D eigenvalue weighted by Gasteiger charge is 2.26. The van der Waals surface area contributed by atoms with Gasteiger partial charge in [0.2, 0.25) is 0 Å². The van der Waals surface area contributed by atoms with Crippen LogP contribution < -0.4 is 4.90 Å². The van der Waals surface area contributed by atoms with Crippen molar-refractivity contribution in [2.45, 2.75) is 44.9 Å². The fourth-order valence-corrected chi connectivity index (χ4v) is 3.98. The van der Waals surface area contributed by atoms with Gasteiger partial charge in [-0.1, -0.05) is 0 Å². The van der Waals surface area contributed by atoms with E-state index in [9.17, 15) is 0 Å². The minimum Gasteiger partial charge on any atom is -0.355 e. The Morgan fingerprint density at radius 1 is 1.00 bits per heavy atom. The summed E-state index contributed by atoms with van der Waals surface area (Å²) in [5.41, 5.74) is 4.41.